The SMILES string of the molecule is Cc1nn([C@@H](C)C2CC2)cc1NC(=O)c1csc(-c2cn[nH]c2)n1. The van der Waals surface area contributed by atoms with E-state index in [0.717, 1.165) is 22.0 Å². The zero-order valence-electron chi connectivity index (χ0n) is 13.5. The van der Waals surface area contributed by atoms with E-state index in [-0.39, 0.29) is 5.91 Å². The van der Waals surface area contributed by atoms with Crippen LogP contribution >= 0.6 is 11.3 Å². The molecule has 0 radical (unpaired) electrons. The van der Waals surface area contributed by atoms with Gasteiger partial charge >= 0.3 is 0 Å². The first kappa shape index (κ1) is 15.1. The molecule has 3 aromatic heterocycles. The van der Waals surface area contributed by atoms with Crippen molar-refractivity contribution in [2.24, 2.45) is 5.92 Å². The van der Waals surface area contributed by atoms with Crippen LogP contribution in [0.5, 0.6) is 0 Å². The van der Waals surface area contributed by atoms with Gasteiger partial charge in [-0.3, -0.25) is 14.6 Å². The number of nitrogens with one attached hydrogen (secondary N) is 2. The molecule has 0 spiro atoms. The monoisotopic (exact) mass is 342 g/mol. The van der Waals surface area contributed by atoms with Gasteiger partial charge in [0, 0.05) is 23.3 Å². The summed E-state index contributed by atoms with van der Waals surface area (Å²) in [5.74, 6) is 0.492. The van der Waals surface area contributed by atoms with Gasteiger partial charge in [0.05, 0.1) is 23.6 Å². The number of nitrogens with zero attached hydrogens (tertiary/aromatic N) is 4. The molecule has 8 heteroatoms. The van der Waals surface area contributed by atoms with Crippen LogP contribution in [0.3, 0.4) is 0 Å². The van der Waals surface area contributed by atoms with Crippen molar-refractivity contribution >= 4 is 22.9 Å². The third kappa shape index (κ3) is 2.84. The highest BCUT2D eigenvalue weighted by atomic mass is 32.1. The topological polar surface area (TPSA) is 88.5 Å². The van der Waals surface area contributed by atoms with Crippen LogP contribution in [-0.4, -0.2) is 30.9 Å². The second-order valence-corrected chi connectivity index (χ2v) is 7.02. The Morgan fingerprint density at radius 1 is 1.50 bits per heavy atom. The third-order valence-corrected chi connectivity index (χ3v) is 5.26. The first-order valence-electron chi connectivity index (χ1n) is 7.93. The predicted molar refractivity (Wildman–Crippen MR) is 92.0 cm³/mol. The number of hydrogen-bond donors (Lipinski definition) is 2. The highest BCUT2D eigenvalue weighted by molar-refractivity contribution is 7.13. The van der Waals surface area contributed by atoms with E-state index in [2.05, 4.69) is 32.5 Å². The van der Waals surface area contributed by atoms with Crippen molar-refractivity contribution in [2.75, 3.05) is 5.32 Å². The fourth-order valence-corrected chi connectivity index (χ4v) is 3.45. The molecule has 124 valence electrons. The molecule has 0 bridgehead atoms. The Labute approximate surface area is 143 Å². The van der Waals surface area contributed by atoms with Crippen LogP contribution < -0.4 is 5.32 Å². The van der Waals surface area contributed by atoms with Crippen molar-refractivity contribution in [1.29, 1.82) is 0 Å². The van der Waals surface area contributed by atoms with Gasteiger partial charge in [-0.25, -0.2) is 4.98 Å². The highest BCUT2D eigenvalue weighted by Crippen LogP contribution is 2.39. The van der Waals surface area contributed by atoms with E-state index in [0.29, 0.717) is 17.7 Å². The van der Waals surface area contributed by atoms with Crippen molar-refractivity contribution in [1.82, 2.24) is 25.0 Å². The normalized spacial score (nSPS) is 15.4. The molecule has 0 saturated heterocycles. The predicted octanol–water partition coefficient (Wildman–Crippen LogP) is 3.26. The number of thiazole rings is 1. The number of carbonyl (C=O) groups excluding carboxylic acids is 1. The molecule has 1 fully saturated rings. The van der Waals surface area contributed by atoms with Gasteiger partial charge in [0.25, 0.3) is 5.91 Å². The molecule has 1 atom stereocenters. The summed E-state index contributed by atoms with van der Waals surface area (Å²) in [6, 6.07) is 0.376. The van der Waals surface area contributed by atoms with Crippen molar-refractivity contribution in [2.45, 2.75) is 32.7 Å². The molecule has 1 aliphatic carbocycles. The largest absolute Gasteiger partial charge is 0.318 e. The lowest BCUT2D eigenvalue weighted by Gasteiger charge is -2.09. The minimum atomic E-state index is -0.220. The van der Waals surface area contributed by atoms with Crippen LogP contribution in [-0.2, 0) is 0 Å². The number of anilines is 1. The minimum Gasteiger partial charge on any atom is -0.318 e. The van der Waals surface area contributed by atoms with Crippen LogP contribution in [0.4, 0.5) is 5.69 Å². The highest BCUT2D eigenvalue weighted by Gasteiger charge is 2.30. The first-order valence-corrected chi connectivity index (χ1v) is 8.81. The fourth-order valence-electron chi connectivity index (χ4n) is 2.67. The number of rotatable bonds is 5. The van der Waals surface area contributed by atoms with Gasteiger partial charge in [0.1, 0.15) is 10.7 Å². The lowest BCUT2D eigenvalue weighted by atomic mass is 10.2. The first-order chi connectivity index (χ1) is 11.6. The van der Waals surface area contributed by atoms with E-state index < -0.39 is 0 Å². The summed E-state index contributed by atoms with van der Waals surface area (Å²) in [6.45, 7) is 4.08. The summed E-state index contributed by atoms with van der Waals surface area (Å²) in [5.41, 5.74) is 2.84. The average molecular weight is 342 g/mol. The second kappa shape index (κ2) is 5.86. The summed E-state index contributed by atoms with van der Waals surface area (Å²) < 4.78 is 1.96. The summed E-state index contributed by atoms with van der Waals surface area (Å²) in [5, 5.41) is 16.6. The van der Waals surface area contributed by atoms with Crippen LogP contribution in [0.1, 0.15) is 42.0 Å². The van der Waals surface area contributed by atoms with E-state index in [9.17, 15) is 4.79 Å². The van der Waals surface area contributed by atoms with Gasteiger partial charge < -0.3 is 5.32 Å². The number of hydrogen-bond acceptors (Lipinski definition) is 5. The van der Waals surface area contributed by atoms with Crippen LogP contribution in [0.25, 0.3) is 10.6 Å². The third-order valence-electron chi connectivity index (χ3n) is 4.37. The Hall–Kier alpha value is -2.48. The second-order valence-electron chi connectivity index (χ2n) is 6.17. The van der Waals surface area contributed by atoms with Gasteiger partial charge in [0.2, 0.25) is 0 Å². The maximum atomic E-state index is 12.4. The minimum absolute atomic E-state index is 0.220. The Morgan fingerprint density at radius 2 is 2.33 bits per heavy atom. The summed E-state index contributed by atoms with van der Waals surface area (Å²) in [6.07, 6.45) is 7.89. The number of aromatic nitrogens is 5. The zero-order valence-corrected chi connectivity index (χ0v) is 14.3. The summed E-state index contributed by atoms with van der Waals surface area (Å²) >= 11 is 1.42. The summed E-state index contributed by atoms with van der Waals surface area (Å²) in [7, 11) is 0. The lowest BCUT2D eigenvalue weighted by molar-refractivity contribution is 0.102. The molecule has 0 unspecified atom stereocenters. The van der Waals surface area contributed by atoms with Crippen molar-refractivity contribution in [3.05, 3.63) is 35.4 Å². The summed E-state index contributed by atoms with van der Waals surface area (Å²) in [4.78, 5) is 16.8. The number of aromatic amines is 1. The number of amides is 1. The van der Waals surface area contributed by atoms with Crippen LogP contribution in [0.2, 0.25) is 0 Å². The molecule has 4 rings (SSSR count). The fraction of sp³-hybridized carbons (Fsp3) is 0.375. The maximum Gasteiger partial charge on any atom is 0.275 e. The van der Waals surface area contributed by atoms with Crippen LogP contribution in [0, 0.1) is 12.8 Å². The maximum absolute atomic E-state index is 12.4. The zero-order chi connectivity index (χ0) is 16.7. The van der Waals surface area contributed by atoms with Crippen LogP contribution in [0.15, 0.2) is 24.0 Å². The quantitative estimate of drug-likeness (QED) is 0.745. The average Bonchev–Trinajstić information content (AvgIpc) is 2.98. The van der Waals surface area contributed by atoms with E-state index >= 15 is 0 Å². The van der Waals surface area contributed by atoms with Gasteiger partial charge in [-0.15, -0.1) is 11.3 Å². The van der Waals surface area contributed by atoms with E-state index in [4.69, 9.17) is 0 Å². The number of aryl methyl sites for hydroxylation is 1. The molecule has 1 saturated carbocycles. The molecule has 0 aliphatic heterocycles. The van der Waals surface area contributed by atoms with Crippen molar-refractivity contribution in [3.8, 4) is 10.6 Å². The lowest BCUT2D eigenvalue weighted by Crippen LogP contribution is -2.12. The smallest absolute Gasteiger partial charge is 0.275 e. The molecular formula is C16H18N6OS. The van der Waals surface area contributed by atoms with Gasteiger partial charge in [0.15, 0.2) is 0 Å². The molecule has 24 heavy (non-hydrogen) atoms. The molecule has 2 N–H and O–H groups in total. The molecule has 1 amide bonds. The Kier molecular flexibility index (Phi) is 3.68. The Morgan fingerprint density at radius 3 is 3.04 bits per heavy atom. The molecule has 7 nitrogen and oxygen atoms in total. The Balaban J connectivity index is 1.50. The number of H-pyrrole nitrogens is 1. The van der Waals surface area contributed by atoms with E-state index in [1.807, 2.05) is 17.8 Å². The molecule has 0 aromatic carbocycles. The standard InChI is InChI=1S/C16H18N6OS/c1-9-13(7-22(21-9)10(2)11-3-4-11)19-15(23)14-8-24-16(20-14)12-5-17-18-6-12/h5-8,10-11H,3-4H2,1-2H3,(H,17,18)(H,19,23)/t10-/m0/s1. The molecule has 3 heterocycles. The van der Waals surface area contributed by atoms with Crippen molar-refractivity contribution < 1.29 is 4.79 Å². The molecule has 3 aromatic rings. The van der Waals surface area contributed by atoms with Crippen molar-refractivity contribution in [3.63, 3.8) is 0 Å². The molecule has 1 aliphatic rings. The molecular weight excluding hydrogens is 324 g/mol. The Bertz CT molecular complexity index is 861. The van der Waals surface area contributed by atoms with Gasteiger partial charge in [-0.2, -0.15) is 10.2 Å². The van der Waals surface area contributed by atoms with E-state index in [1.54, 1.807) is 17.8 Å². The van der Waals surface area contributed by atoms with E-state index in [1.165, 1.54) is 24.2 Å². The van der Waals surface area contributed by atoms with Gasteiger partial charge in [-0.1, -0.05) is 0 Å². The van der Waals surface area contributed by atoms with Gasteiger partial charge in [-0.05, 0) is 32.6 Å². The number of carbonyl (C=O) groups is 1.